The number of pyridine rings is 2. The Morgan fingerprint density at radius 2 is 1.67 bits per heavy atom. The second-order valence-corrected chi connectivity index (χ2v) is 17.5. The second kappa shape index (κ2) is 15.6. The smallest absolute Gasteiger partial charge is 0.253 e. The van der Waals surface area contributed by atoms with E-state index >= 15 is 0 Å². The number of carbonyl (C=O) groups is 2. The Morgan fingerprint density at radius 1 is 0.945 bits per heavy atom. The van der Waals surface area contributed by atoms with Crippen molar-refractivity contribution in [3.05, 3.63) is 75.5 Å². The summed E-state index contributed by atoms with van der Waals surface area (Å²) in [5.41, 5.74) is 5.71. The zero-order valence-electron chi connectivity index (χ0n) is 33.1. The van der Waals surface area contributed by atoms with Crippen molar-refractivity contribution >= 4 is 28.5 Å². The number of aromatic nitrogens is 4. The van der Waals surface area contributed by atoms with Crippen LogP contribution in [0.25, 0.3) is 22.0 Å². The Bertz CT molecular complexity index is 2060. The van der Waals surface area contributed by atoms with Gasteiger partial charge in [-0.1, -0.05) is 13.3 Å². The zero-order chi connectivity index (χ0) is 38.3. The van der Waals surface area contributed by atoms with Crippen LogP contribution in [0.3, 0.4) is 0 Å². The molecule has 11 heteroatoms. The third-order valence-corrected chi connectivity index (χ3v) is 13.0. The summed E-state index contributed by atoms with van der Waals surface area (Å²) in [7, 11) is 0. The quantitative estimate of drug-likeness (QED) is 0.145. The predicted octanol–water partition coefficient (Wildman–Crippen LogP) is 6.40. The normalized spacial score (nSPS) is 23.5. The minimum atomic E-state index is -0.248. The first kappa shape index (κ1) is 37.4. The Hall–Kier alpha value is -4.51. The van der Waals surface area contributed by atoms with E-state index in [4.69, 9.17) is 4.98 Å². The van der Waals surface area contributed by atoms with Gasteiger partial charge in [0.2, 0.25) is 5.91 Å². The first-order valence-electron chi connectivity index (χ1n) is 20.8. The van der Waals surface area contributed by atoms with E-state index in [9.17, 15) is 14.4 Å². The number of piperazine rings is 1. The van der Waals surface area contributed by atoms with Gasteiger partial charge < -0.3 is 20.5 Å². The number of rotatable bonds is 13. The van der Waals surface area contributed by atoms with Crippen molar-refractivity contribution in [3.63, 3.8) is 0 Å². The number of anilines is 1. The third-order valence-electron chi connectivity index (χ3n) is 13.0. The maximum absolute atomic E-state index is 13.9. The molecule has 4 aromatic rings. The number of H-pyrrole nitrogens is 1. The molecule has 1 saturated heterocycles. The number of nitrogens with zero attached hydrogens (tertiary/aromatic N) is 5. The van der Waals surface area contributed by atoms with E-state index in [1.807, 2.05) is 29.9 Å². The molecule has 0 unspecified atom stereocenters. The third kappa shape index (κ3) is 7.95. The molecular weight excluding hydrogens is 689 g/mol. The Balaban J connectivity index is 0.887. The number of fused-ring (bicyclic) bond motifs is 1. The highest BCUT2D eigenvalue weighted by atomic mass is 16.2. The van der Waals surface area contributed by atoms with Gasteiger partial charge in [-0.25, -0.2) is 4.98 Å². The van der Waals surface area contributed by atoms with Gasteiger partial charge in [0.1, 0.15) is 5.82 Å². The van der Waals surface area contributed by atoms with Gasteiger partial charge in [0.05, 0.1) is 17.3 Å². The molecule has 4 heterocycles. The molecule has 2 amide bonds. The Morgan fingerprint density at radius 3 is 2.33 bits per heavy atom. The minimum absolute atomic E-state index is 0.105. The topological polar surface area (TPSA) is 128 Å². The van der Waals surface area contributed by atoms with Crippen LogP contribution in [0, 0.1) is 30.1 Å². The standard InChI is InChI=1S/C44H58N8O3/c1-5-6-33-15-29(4)49-43(55)37(33)26-47-42(54)36-19-35(20-39-38(36)27-48-52(39)28(2)3)34-7-8-40(46-25-34)51-13-11-50(12-14-51)10-9-45-41(53)24-44-21-30-16-31(22-44)18-32(17-30)23-44/h7-8,15,19-20,25,27-28,30-32H,5-6,9-14,16-18,21-24,26H2,1-4H3,(H,45,53)(H,47,54)(H,49,55). The van der Waals surface area contributed by atoms with Crippen molar-refractivity contribution in [3.8, 4) is 11.1 Å². The van der Waals surface area contributed by atoms with Gasteiger partial charge in [0, 0.05) is 86.7 Å². The first-order chi connectivity index (χ1) is 26.6. The van der Waals surface area contributed by atoms with Crippen molar-refractivity contribution < 1.29 is 9.59 Å². The van der Waals surface area contributed by atoms with Crippen LogP contribution in [-0.4, -0.2) is 75.7 Å². The van der Waals surface area contributed by atoms with Crippen LogP contribution in [-0.2, 0) is 17.8 Å². The molecule has 4 aliphatic carbocycles. The molecule has 292 valence electrons. The average molecular weight is 747 g/mol. The fourth-order valence-corrected chi connectivity index (χ4v) is 10.9. The van der Waals surface area contributed by atoms with Crippen molar-refractivity contribution in [2.24, 2.45) is 23.2 Å². The molecule has 1 aromatic carbocycles. The van der Waals surface area contributed by atoms with Gasteiger partial charge in [-0.3, -0.25) is 24.0 Å². The van der Waals surface area contributed by atoms with Crippen LogP contribution < -0.4 is 21.1 Å². The van der Waals surface area contributed by atoms with Crippen molar-refractivity contribution in [2.45, 2.75) is 98.1 Å². The number of amides is 2. The SMILES string of the molecule is CCCc1cc(C)[nH]c(=O)c1CNC(=O)c1cc(-c2ccc(N3CCN(CCNC(=O)CC45CC6CC(CC(C6)C4)C5)CC3)nc2)cc2c1cnn2C(C)C. The van der Waals surface area contributed by atoms with E-state index in [0.29, 0.717) is 17.7 Å². The molecule has 0 spiro atoms. The monoisotopic (exact) mass is 746 g/mol. The van der Waals surface area contributed by atoms with E-state index in [0.717, 1.165) is 109 Å². The van der Waals surface area contributed by atoms with Crippen molar-refractivity contribution in [1.29, 1.82) is 0 Å². The molecule has 11 nitrogen and oxygen atoms in total. The molecule has 0 atom stereocenters. The molecule has 9 rings (SSSR count). The summed E-state index contributed by atoms with van der Waals surface area (Å²) in [5, 5.41) is 11.7. The highest BCUT2D eigenvalue weighted by Gasteiger charge is 2.51. The van der Waals surface area contributed by atoms with E-state index in [1.165, 1.54) is 38.5 Å². The van der Waals surface area contributed by atoms with Gasteiger partial charge in [-0.15, -0.1) is 0 Å². The Kier molecular flexibility index (Phi) is 10.6. The minimum Gasteiger partial charge on any atom is -0.355 e. The van der Waals surface area contributed by atoms with Crippen LogP contribution in [0.4, 0.5) is 5.82 Å². The van der Waals surface area contributed by atoms with Crippen LogP contribution in [0.1, 0.15) is 105 Å². The van der Waals surface area contributed by atoms with E-state index in [1.54, 1.807) is 6.20 Å². The number of aromatic amines is 1. The van der Waals surface area contributed by atoms with Gasteiger partial charge in [0.15, 0.2) is 0 Å². The molecule has 3 aromatic heterocycles. The number of nitrogens with one attached hydrogen (secondary N) is 3. The summed E-state index contributed by atoms with van der Waals surface area (Å²) in [6, 6.07) is 10.2. The summed E-state index contributed by atoms with van der Waals surface area (Å²) < 4.78 is 1.94. The maximum Gasteiger partial charge on any atom is 0.253 e. The average Bonchev–Trinajstić information content (AvgIpc) is 3.58. The maximum atomic E-state index is 13.9. The fraction of sp³-hybridized carbons (Fsp3) is 0.568. The van der Waals surface area contributed by atoms with Crippen LogP contribution >= 0.6 is 0 Å². The first-order valence-corrected chi connectivity index (χ1v) is 20.8. The number of hydrogen-bond acceptors (Lipinski definition) is 7. The lowest BCUT2D eigenvalue weighted by Gasteiger charge is -2.56. The lowest BCUT2D eigenvalue weighted by Crippen LogP contribution is -2.50. The van der Waals surface area contributed by atoms with E-state index < -0.39 is 0 Å². The zero-order valence-corrected chi connectivity index (χ0v) is 33.1. The van der Waals surface area contributed by atoms with Crippen LogP contribution in [0.15, 0.2) is 47.5 Å². The summed E-state index contributed by atoms with van der Waals surface area (Å²) in [6.45, 7) is 13.5. The molecular formula is C44H58N8O3. The van der Waals surface area contributed by atoms with Gasteiger partial charge in [0.25, 0.3) is 11.5 Å². The fourth-order valence-electron chi connectivity index (χ4n) is 10.9. The number of benzene rings is 1. The number of hydrogen-bond donors (Lipinski definition) is 3. The summed E-state index contributed by atoms with van der Waals surface area (Å²) >= 11 is 0. The molecule has 5 aliphatic rings. The Labute approximate surface area is 324 Å². The van der Waals surface area contributed by atoms with Crippen LogP contribution in [0.5, 0.6) is 0 Å². The highest BCUT2D eigenvalue weighted by Crippen LogP contribution is 2.61. The van der Waals surface area contributed by atoms with Gasteiger partial charge >= 0.3 is 0 Å². The number of carbonyl (C=O) groups excluding carboxylic acids is 2. The van der Waals surface area contributed by atoms with Gasteiger partial charge in [-0.2, -0.15) is 5.10 Å². The molecule has 1 aliphatic heterocycles. The lowest BCUT2D eigenvalue weighted by molar-refractivity contribution is -0.129. The molecule has 5 fully saturated rings. The summed E-state index contributed by atoms with van der Waals surface area (Å²) in [4.78, 5) is 52.3. The van der Waals surface area contributed by atoms with Crippen molar-refractivity contribution in [1.82, 2.24) is 35.3 Å². The largest absolute Gasteiger partial charge is 0.355 e. The van der Waals surface area contributed by atoms with E-state index in [2.05, 4.69) is 69.5 Å². The summed E-state index contributed by atoms with van der Waals surface area (Å²) in [6.07, 6.45) is 14.1. The molecule has 3 N–H and O–H groups in total. The van der Waals surface area contributed by atoms with Gasteiger partial charge in [-0.05, 0) is 130 Å². The molecule has 0 radical (unpaired) electrons. The lowest BCUT2D eigenvalue weighted by atomic mass is 9.49. The van der Waals surface area contributed by atoms with Crippen LogP contribution in [0.2, 0.25) is 0 Å². The number of aryl methyl sites for hydroxylation is 2. The summed E-state index contributed by atoms with van der Waals surface area (Å²) in [5.74, 6) is 3.57. The van der Waals surface area contributed by atoms with E-state index in [-0.39, 0.29) is 35.4 Å². The van der Waals surface area contributed by atoms with Crippen molar-refractivity contribution in [2.75, 3.05) is 44.2 Å². The molecule has 55 heavy (non-hydrogen) atoms. The molecule has 4 saturated carbocycles. The molecule has 4 bridgehead atoms. The predicted molar refractivity (Wildman–Crippen MR) is 217 cm³/mol. The second-order valence-electron chi connectivity index (χ2n) is 17.5. The highest BCUT2D eigenvalue weighted by molar-refractivity contribution is 6.08.